The molecule has 116 valence electrons. The Bertz CT molecular complexity index is 476. The molecule has 1 atom stereocenters. The molecule has 1 unspecified atom stereocenters. The summed E-state index contributed by atoms with van der Waals surface area (Å²) in [5, 5.41) is 0. The molecule has 0 bridgehead atoms. The number of carbonyl (C=O) groups excluding carboxylic acids is 1. The first-order valence-corrected chi connectivity index (χ1v) is 7.75. The van der Waals surface area contributed by atoms with Gasteiger partial charge in [-0.15, -0.1) is 0 Å². The number of nitrogens with zero attached hydrogens (tertiary/aromatic N) is 2. The van der Waals surface area contributed by atoms with Gasteiger partial charge in [-0.2, -0.15) is 0 Å². The smallest absolute Gasteiger partial charge is 0.180 e. The van der Waals surface area contributed by atoms with Crippen molar-refractivity contribution in [1.82, 2.24) is 9.80 Å². The van der Waals surface area contributed by atoms with Crippen LogP contribution in [0.25, 0.3) is 0 Å². The van der Waals surface area contributed by atoms with E-state index in [4.69, 9.17) is 4.74 Å². The lowest BCUT2D eigenvalue weighted by molar-refractivity contribution is 0.0854. The number of benzene rings is 1. The molecule has 0 amide bonds. The van der Waals surface area contributed by atoms with Gasteiger partial charge >= 0.3 is 0 Å². The van der Waals surface area contributed by atoms with Gasteiger partial charge in [0.25, 0.3) is 0 Å². The summed E-state index contributed by atoms with van der Waals surface area (Å²) in [6.45, 7) is 5.16. The molecule has 1 aromatic rings. The zero-order valence-electron chi connectivity index (χ0n) is 13.3. The highest BCUT2D eigenvalue weighted by atomic mass is 16.5. The predicted molar refractivity (Wildman–Crippen MR) is 85.1 cm³/mol. The Morgan fingerprint density at radius 3 is 2.90 bits per heavy atom. The molecule has 1 aromatic carbocycles. The topological polar surface area (TPSA) is 32.8 Å². The molecule has 0 spiro atoms. The Morgan fingerprint density at radius 1 is 1.43 bits per heavy atom. The minimum absolute atomic E-state index is 0.134. The third kappa shape index (κ3) is 4.29. The first kappa shape index (κ1) is 16.0. The quantitative estimate of drug-likeness (QED) is 0.753. The molecule has 0 aromatic heterocycles. The van der Waals surface area contributed by atoms with E-state index in [1.54, 1.807) is 0 Å². The molecule has 21 heavy (non-hydrogen) atoms. The number of hydrogen-bond acceptors (Lipinski definition) is 4. The molecule has 0 radical (unpaired) electrons. The van der Waals surface area contributed by atoms with E-state index in [1.165, 1.54) is 12.8 Å². The number of rotatable bonds is 6. The van der Waals surface area contributed by atoms with Gasteiger partial charge in [-0.3, -0.25) is 9.69 Å². The largest absolute Gasteiger partial charge is 0.493 e. The van der Waals surface area contributed by atoms with E-state index in [0.29, 0.717) is 30.5 Å². The standard InChI is InChI=1S/C17H26N2O2/c1-4-21-17-10-6-5-9-15(17)16(20)13-19(3)14-8-7-11-18(2)12-14/h5-6,9-10,14H,4,7-8,11-13H2,1-3H3. The number of carbonyl (C=O) groups is 1. The molecule has 2 rings (SSSR count). The van der Waals surface area contributed by atoms with E-state index in [0.717, 1.165) is 13.1 Å². The van der Waals surface area contributed by atoms with Crippen LogP contribution in [0.1, 0.15) is 30.1 Å². The van der Waals surface area contributed by atoms with Crippen LogP contribution in [0.2, 0.25) is 0 Å². The minimum atomic E-state index is 0.134. The summed E-state index contributed by atoms with van der Waals surface area (Å²) in [5.74, 6) is 0.828. The van der Waals surface area contributed by atoms with Crippen molar-refractivity contribution in [3.05, 3.63) is 29.8 Å². The zero-order chi connectivity index (χ0) is 15.2. The second-order valence-corrected chi connectivity index (χ2v) is 5.83. The maximum Gasteiger partial charge on any atom is 0.180 e. The van der Waals surface area contributed by atoms with Crippen molar-refractivity contribution in [2.45, 2.75) is 25.8 Å². The minimum Gasteiger partial charge on any atom is -0.493 e. The molecular weight excluding hydrogens is 264 g/mol. The number of piperidine rings is 1. The Labute approximate surface area is 127 Å². The SMILES string of the molecule is CCOc1ccccc1C(=O)CN(C)C1CCCN(C)C1. The van der Waals surface area contributed by atoms with E-state index in [9.17, 15) is 4.79 Å². The molecule has 1 fully saturated rings. The number of para-hydroxylation sites is 1. The van der Waals surface area contributed by atoms with Crippen LogP contribution < -0.4 is 4.74 Å². The summed E-state index contributed by atoms with van der Waals surface area (Å²) < 4.78 is 5.55. The van der Waals surface area contributed by atoms with Gasteiger partial charge in [0.15, 0.2) is 5.78 Å². The van der Waals surface area contributed by atoms with Crippen LogP contribution in [0.3, 0.4) is 0 Å². The lowest BCUT2D eigenvalue weighted by Crippen LogP contribution is -2.46. The first-order chi connectivity index (χ1) is 10.1. The lowest BCUT2D eigenvalue weighted by atomic mass is 10.0. The molecule has 0 saturated carbocycles. The van der Waals surface area contributed by atoms with Crippen molar-refractivity contribution in [2.24, 2.45) is 0 Å². The maximum absolute atomic E-state index is 12.5. The van der Waals surface area contributed by atoms with Gasteiger partial charge in [-0.25, -0.2) is 0 Å². The zero-order valence-corrected chi connectivity index (χ0v) is 13.3. The van der Waals surface area contributed by atoms with Crippen LogP contribution in [0, 0.1) is 0 Å². The fourth-order valence-electron chi connectivity index (χ4n) is 2.92. The van der Waals surface area contributed by atoms with Crippen molar-refractivity contribution in [1.29, 1.82) is 0 Å². The van der Waals surface area contributed by atoms with Crippen LogP contribution >= 0.6 is 0 Å². The molecule has 1 aliphatic rings. The normalized spacial score (nSPS) is 19.7. The fraction of sp³-hybridized carbons (Fsp3) is 0.588. The van der Waals surface area contributed by atoms with Crippen LogP contribution in [0.15, 0.2) is 24.3 Å². The first-order valence-electron chi connectivity index (χ1n) is 7.75. The highest BCUT2D eigenvalue weighted by Crippen LogP contribution is 2.20. The predicted octanol–water partition coefficient (Wildman–Crippen LogP) is 2.29. The molecule has 4 nitrogen and oxygen atoms in total. The van der Waals surface area contributed by atoms with Crippen LogP contribution in [0.5, 0.6) is 5.75 Å². The van der Waals surface area contributed by atoms with Crippen molar-refractivity contribution in [3.8, 4) is 5.75 Å². The summed E-state index contributed by atoms with van der Waals surface area (Å²) >= 11 is 0. The Hall–Kier alpha value is -1.39. The highest BCUT2D eigenvalue weighted by Gasteiger charge is 2.23. The van der Waals surface area contributed by atoms with E-state index in [1.807, 2.05) is 38.2 Å². The Kier molecular flexibility index (Phi) is 5.76. The van der Waals surface area contributed by atoms with E-state index in [2.05, 4.69) is 16.8 Å². The maximum atomic E-state index is 12.5. The Morgan fingerprint density at radius 2 is 2.19 bits per heavy atom. The van der Waals surface area contributed by atoms with Crippen LogP contribution in [-0.4, -0.2) is 62.0 Å². The number of likely N-dealkylation sites (tertiary alicyclic amines) is 1. The van der Waals surface area contributed by atoms with Gasteiger partial charge in [0, 0.05) is 12.6 Å². The molecule has 0 aliphatic carbocycles. The van der Waals surface area contributed by atoms with Crippen LogP contribution in [-0.2, 0) is 0 Å². The molecule has 0 N–H and O–H groups in total. The third-order valence-electron chi connectivity index (χ3n) is 4.10. The van der Waals surface area contributed by atoms with Crippen molar-refractivity contribution in [2.75, 3.05) is 40.3 Å². The number of likely N-dealkylation sites (N-methyl/N-ethyl adjacent to an activating group) is 2. The van der Waals surface area contributed by atoms with Gasteiger partial charge in [-0.05, 0) is 52.5 Å². The van der Waals surface area contributed by atoms with Crippen molar-refractivity contribution < 1.29 is 9.53 Å². The average molecular weight is 290 g/mol. The van der Waals surface area contributed by atoms with Crippen molar-refractivity contribution >= 4 is 5.78 Å². The second kappa shape index (κ2) is 7.57. The van der Waals surface area contributed by atoms with Crippen molar-refractivity contribution in [3.63, 3.8) is 0 Å². The number of ketones is 1. The Balaban J connectivity index is 2.00. The number of hydrogen-bond donors (Lipinski definition) is 0. The summed E-state index contributed by atoms with van der Waals surface area (Å²) in [4.78, 5) is 17.1. The molecule has 1 aliphatic heterocycles. The fourth-order valence-corrected chi connectivity index (χ4v) is 2.92. The molecular formula is C17H26N2O2. The third-order valence-corrected chi connectivity index (χ3v) is 4.10. The summed E-state index contributed by atoms with van der Waals surface area (Å²) in [5.41, 5.74) is 0.690. The molecule has 4 heteroatoms. The van der Waals surface area contributed by atoms with E-state index < -0.39 is 0 Å². The van der Waals surface area contributed by atoms with E-state index >= 15 is 0 Å². The molecule has 1 heterocycles. The summed E-state index contributed by atoms with van der Waals surface area (Å²) in [7, 11) is 4.19. The lowest BCUT2D eigenvalue weighted by Gasteiger charge is -2.35. The van der Waals surface area contributed by atoms with Gasteiger partial charge < -0.3 is 9.64 Å². The highest BCUT2D eigenvalue weighted by molar-refractivity contribution is 6.00. The van der Waals surface area contributed by atoms with Gasteiger partial charge in [0.05, 0.1) is 18.7 Å². The monoisotopic (exact) mass is 290 g/mol. The summed E-state index contributed by atoms with van der Waals surface area (Å²) in [6, 6.07) is 7.98. The number of Topliss-reactive ketones (excluding diaryl/α,β-unsaturated/α-hetero) is 1. The second-order valence-electron chi connectivity index (χ2n) is 5.83. The summed E-state index contributed by atoms with van der Waals surface area (Å²) in [6.07, 6.45) is 2.37. The van der Waals surface area contributed by atoms with Gasteiger partial charge in [0.2, 0.25) is 0 Å². The van der Waals surface area contributed by atoms with E-state index in [-0.39, 0.29) is 5.78 Å². The molecule has 1 saturated heterocycles. The van der Waals surface area contributed by atoms with Gasteiger partial charge in [-0.1, -0.05) is 12.1 Å². The van der Waals surface area contributed by atoms with Crippen LogP contribution in [0.4, 0.5) is 0 Å². The van der Waals surface area contributed by atoms with Gasteiger partial charge in [0.1, 0.15) is 5.75 Å². The average Bonchev–Trinajstić information content (AvgIpc) is 2.48. The number of ether oxygens (including phenoxy) is 1.